The van der Waals surface area contributed by atoms with E-state index in [1.54, 1.807) is 13.2 Å². The fourth-order valence-corrected chi connectivity index (χ4v) is 2.47. The van der Waals surface area contributed by atoms with Crippen LogP contribution in [0.3, 0.4) is 0 Å². The molecule has 5 nitrogen and oxygen atoms in total. The summed E-state index contributed by atoms with van der Waals surface area (Å²) in [6.07, 6.45) is 1.61. The topological polar surface area (TPSA) is 71.3 Å². The molecule has 0 unspecified atom stereocenters. The first-order chi connectivity index (χ1) is 12.6. The molecular formula is C21H24N2O3. The van der Waals surface area contributed by atoms with Crippen LogP contribution in [0.25, 0.3) is 16.8 Å². The van der Waals surface area contributed by atoms with E-state index in [1.165, 1.54) is 0 Å². The van der Waals surface area contributed by atoms with E-state index in [0.717, 1.165) is 22.1 Å². The molecule has 2 aromatic rings. The fraction of sp³-hybridized carbons (Fsp3) is 0.333. The van der Waals surface area contributed by atoms with Crippen LogP contribution in [-0.4, -0.2) is 32.8 Å². The molecule has 0 heterocycles. The van der Waals surface area contributed by atoms with Crippen LogP contribution < -0.4 is 10.1 Å². The summed E-state index contributed by atoms with van der Waals surface area (Å²) in [5, 5.41) is 13.9. The van der Waals surface area contributed by atoms with Crippen LogP contribution in [0.5, 0.6) is 5.75 Å². The quantitative estimate of drug-likeness (QED) is 0.448. The summed E-state index contributed by atoms with van der Waals surface area (Å²) in [5.41, 5.74) is 0.859. The van der Waals surface area contributed by atoms with Crippen molar-refractivity contribution in [1.82, 2.24) is 5.32 Å². The average Bonchev–Trinajstić information content (AvgIpc) is 2.65. The third-order valence-electron chi connectivity index (χ3n) is 3.75. The molecule has 0 saturated carbocycles. The molecule has 2 rings (SSSR count). The van der Waals surface area contributed by atoms with E-state index < -0.39 is 5.91 Å². The summed E-state index contributed by atoms with van der Waals surface area (Å²) < 4.78 is 10.8. The fourth-order valence-electron chi connectivity index (χ4n) is 2.47. The van der Waals surface area contributed by atoms with Crippen LogP contribution in [0.15, 0.2) is 42.0 Å². The molecule has 0 aromatic heterocycles. The van der Waals surface area contributed by atoms with Gasteiger partial charge in [-0.15, -0.1) is 0 Å². The van der Waals surface area contributed by atoms with Crippen molar-refractivity contribution in [1.29, 1.82) is 5.26 Å². The van der Waals surface area contributed by atoms with Gasteiger partial charge in [0.2, 0.25) is 0 Å². The molecule has 0 saturated heterocycles. The summed E-state index contributed by atoms with van der Waals surface area (Å²) in [4.78, 5) is 12.2. The first kappa shape index (κ1) is 19.5. The zero-order chi connectivity index (χ0) is 18.9. The van der Waals surface area contributed by atoms with Gasteiger partial charge >= 0.3 is 0 Å². The molecule has 1 amide bonds. The number of carbonyl (C=O) groups is 1. The number of rotatable bonds is 8. The maximum absolute atomic E-state index is 12.2. The predicted octanol–water partition coefficient (Wildman–Crippen LogP) is 3.54. The molecule has 26 heavy (non-hydrogen) atoms. The molecule has 0 atom stereocenters. The molecule has 0 aliphatic rings. The standard InChI is InChI=1S/C21H24N2O3/c1-15(2)14-26-20-9-8-16(18-6-4-5-7-19(18)20)12-17(13-22)21(24)23-10-11-25-3/h4-9,12,15H,10-11,14H2,1-3H3,(H,23,24)/b17-12+. The number of amides is 1. The number of hydrogen-bond acceptors (Lipinski definition) is 4. The van der Waals surface area contributed by atoms with Crippen LogP contribution in [-0.2, 0) is 9.53 Å². The molecule has 5 heteroatoms. The van der Waals surface area contributed by atoms with E-state index in [-0.39, 0.29) is 5.57 Å². The Morgan fingerprint density at radius 3 is 2.62 bits per heavy atom. The van der Waals surface area contributed by atoms with Crippen molar-refractivity contribution in [3.05, 3.63) is 47.5 Å². The summed E-state index contributed by atoms with van der Waals surface area (Å²) in [6, 6.07) is 13.5. The Kier molecular flexibility index (Phi) is 7.19. The number of fused-ring (bicyclic) bond motifs is 1. The van der Waals surface area contributed by atoms with Gasteiger partial charge in [-0.05, 0) is 29.0 Å². The number of hydrogen-bond donors (Lipinski definition) is 1. The van der Waals surface area contributed by atoms with Crippen molar-refractivity contribution >= 4 is 22.8 Å². The van der Waals surface area contributed by atoms with E-state index in [9.17, 15) is 10.1 Å². The van der Waals surface area contributed by atoms with Gasteiger partial charge < -0.3 is 14.8 Å². The number of benzene rings is 2. The average molecular weight is 352 g/mol. The van der Waals surface area contributed by atoms with Gasteiger partial charge in [-0.2, -0.15) is 5.26 Å². The Hall–Kier alpha value is -2.84. The lowest BCUT2D eigenvalue weighted by molar-refractivity contribution is -0.117. The van der Waals surface area contributed by atoms with Crippen molar-refractivity contribution in [3.63, 3.8) is 0 Å². The van der Waals surface area contributed by atoms with Crippen LogP contribution in [0.2, 0.25) is 0 Å². The lowest BCUT2D eigenvalue weighted by atomic mass is 10.0. The summed E-state index contributed by atoms with van der Waals surface area (Å²) in [5.74, 6) is 0.817. The lowest BCUT2D eigenvalue weighted by Crippen LogP contribution is -2.27. The minimum Gasteiger partial charge on any atom is -0.493 e. The first-order valence-electron chi connectivity index (χ1n) is 8.60. The van der Waals surface area contributed by atoms with Crippen molar-refractivity contribution in [2.75, 3.05) is 26.9 Å². The predicted molar refractivity (Wildman–Crippen MR) is 103 cm³/mol. The van der Waals surface area contributed by atoms with Crippen LogP contribution >= 0.6 is 0 Å². The third-order valence-corrected chi connectivity index (χ3v) is 3.75. The van der Waals surface area contributed by atoms with Crippen molar-refractivity contribution in [2.45, 2.75) is 13.8 Å². The first-order valence-corrected chi connectivity index (χ1v) is 8.60. The molecule has 0 spiro atoms. The Morgan fingerprint density at radius 1 is 1.23 bits per heavy atom. The highest BCUT2D eigenvalue weighted by Crippen LogP contribution is 2.30. The maximum Gasteiger partial charge on any atom is 0.262 e. The van der Waals surface area contributed by atoms with Crippen molar-refractivity contribution in [3.8, 4) is 11.8 Å². The largest absolute Gasteiger partial charge is 0.493 e. The van der Waals surface area contributed by atoms with E-state index >= 15 is 0 Å². The third kappa shape index (κ3) is 5.08. The van der Waals surface area contributed by atoms with Crippen LogP contribution in [0.4, 0.5) is 0 Å². The van der Waals surface area contributed by atoms with Gasteiger partial charge in [0.05, 0.1) is 13.2 Å². The zero-order valence-electron chi connectivity index (χ0n) is 15.4. The Labute approximate surface area is 154 Å². The molecule has 0 aliphatic carbocycles. The number of methoxy groups -OCH3 is 1. The number of nitriles is 1. The lowest BCUT2D eigenvalue weighted by Gasteiger charge is -2.13. The van der Waals surface area contributed by atoms with Gasteiger partial charge in [-0.1, -0.05) is 44.2 Å². The minimum absolute atomic E-state index is 0.0575. The normalized spacial score (nSPS) is 11.4. The SMILES string of the molecule is COCCNC(=O)/C(C#N)=C/c1ccc(OCC(C)C)c2ccccc12. The second-order valence-corrected chi connectivity index (χ2v) is 6.32. The van der Waals surface area contributed by atoms with E-state index in [1.807, 2.05) is 42.5 Å². The Bertz CT molecular complexity index is 835. The highest BCUT2D eigenvalue weighted by atomic mass is 16.5. The molecule has 0 fully saturated rings. The molecule has 0 radical (unpaired) electrons. The molecule has 1 N–H and O–H groups in total. The van der Waals surface area contributed by atoms with Gasteiger partial charge in [0.1, 0.15) is 17.4 Å². The number of ether oxygens (including phenoxy) is 2. The molecule has 136 valence electrons. The Balaban J connectivity index is 2.36. The van der Waals surface area contributed by atoms with Gasteiger partial charge in [0, 0.05) is 19.0 Å². The minimum atomic E-state index is -0.409. The zero-order valence-corrected chi connectivity index (χ0v) is 15.4. The van der Waals surface area contributed by atoms with Gasteiger partial charge in [-0.3, -0.25) is 4.79 Å². The van der Waals surface area contributed by atoms with Crippen LogP contribution in [0.1, 0.15) is 19.4 Å². The highest BCUT2D eigenvalue weighted by Gasteiger charge is 2.11. The molecule has 2 aromatic carbocycles. The van der Waals surface area contributed by atoms with Gasteiger partial charge in [0.15, 0.2) is 0 Å². The molecule has 0 bridgehead atoms. The van der Waals surface area contributed by atoms with Crippen LogP contribution in [0, 0.1) is 17.2 Å². The van der Waals surface area contributed by atoms with E-state index in [2.05, 4.69) is 19.2 Å². The highest BCUT2D eigenvalue weighted by molar-refractivity contribution is 6.04. The van der Waals surface area contributed by atoms with Crippen molar-refractivity contribution in [2.24, 2.45) is 5.92 Å². The maximum atomic E-state index is 12.2. The summed E-state index contributed by atoms with van der Waals surface area (Å²) >= 11 is 0. The number of nitrogens with zero attached hydrogens (tertiary/aromatic N) is 1. The van der Waals surface area contributed by atoms with Gasteiger partial charge in [0.25, 0.3) is 5.91 Å². The van der Waals surface area contributed by atoms with Crippen molar-refractivity contribution < 1.29 is 14.3 Å². The number of carbonyl (C=O) groups excluding carboxylic acids is 1. The Morgan fingerprint density at radius 2 is 1.96 bits per heavy atom. The monoisotopic (exact) mass is 352 g/mol. The van der Waals surface area contributed by atoms with E-state index in [0.29, 0.717) is 25.7 Å². The smallest absolute Gasteiger partial charge is 0.262 e. The summed E-state index contributed by atoms with van der Waals surface area (Å²) in [7, 11) is 1.56. The summed E-state index contributed by atoms with van der Waals surface area (Å²) in [6.45, 7) is 5.58. The molecule has 0 aliphatic heterocycles. The molecular weight excluding hydrogens is 328 g/mol. The van der Waals surface area contributed by atoms with Gasteiger partial charge in [-0.25, -0.2) is 0 Å². The second-order valence-electron chi connectivity index (χ2n) is 6.32. The second kappa shape index (κ2) is 9.59. The number of nitrogens with one attached hydrogen (secondary N) is 1. The van der Waals surface area contributed by atoms with E-state index in [4.69, 9.17) is 9.47 Å².